The summed E-state index contributed by atoms with van der Waals surface area (Å²) in [5.74, 6) is -0.677. The van der Waals surface area contributed by atoms with Crippen molar-refractivity contribution in [2.24, 2.45) is 0 Å². The van der Waals surface area contributed by atoms with E-state index < -0.39 is 5.97 Å². The number of carbonyl (C=O) groups is 2. The number of aryl methyl sites for hydroxylation is 1. The molecule has 1 heterocycles. The summed E-state index contributed by atoms with van der Waals surface area (Å²) in [5.41, 5.74) is 2.42. The molecule has 1 amide bonds. The van der Waals surface area contributed by atoms with Crippen molar-refractivity contribution in [2.45, 2.75) is 51.6 Å². The Morgan fingerprint density at radius 1 is 1.25 bits per heavy atom. The minimum absolute atomic E-state index is 0.0788. The highest BCUT2D eigenvalue weighted by Crippen LogP contribution is 2.21. The number of aliphatic carboxylic acids is 1. The molecule has 0 bridgehead atoms. The Morgan fingerprint density at radius 3 is 2.62 bits per heavy atom. The lowest BCUT2D eigenvalue weighted by atomic mass is 9.98. The van der Waals surface area contributed by atoms with Crippen molar-refractivity contribution in [3.8, 4) is 0 Å². The van der Waals surface area contributed by atoms with E-state index in [1.807, 2.05) is 16.8 Å². The zero-order valence-corrected chi connectivity index (χ0v) is 14.7. The van der Waals surface area contributed by atoms with Gasteiger partial charge in [-0.2, -0.15) is 0 Å². The lowest BCUT2D eigenvalue weighted by Crippen LogP contribution is -2.47. The molecule has 1 fully saturated rings. The van der Waals surface area contributed by atoms with E-state index in [2.05, 4.69) is 31.2 Å². The Hall–Kier alpha value is -1.88. The fourth-order valence-electron chi connectivity index (χ4n) is 3.30. The molecule has 0 unspecified atom stereocenters. The van der Waals surface area contributed by atoms with Crippen LogP contribution in [0.4, 0.5) is 0 Å². The third-order valence-corrected chi connectivity index (χ3v) is 4.62. The molecule has 1 aromatic rings. The lowest BCUT2D eigenvalue weighted by Gasteiger charge is -2.36. The smallest absolute Gasteiger partial charge is 0.303 e. The fraction of sp³-hybridized carbons (Fsp3) is 0.579. The van der Waals surface area contributed by atoms with Crippen LogP contribution in [-0.4, -0.2) is 53.0 Å². The van der Waals surface area contributed by atoms with E-state index in [0.29, 0.717) is 13.0 Å². The summed E-state index contributed by atoms with van der Waals surface area (Å²) in [5, 5.41) is 8.89. The molecule has 1 aromatic carbocycles. The first-order valence-corrected chi connectivity index (χ1v) is 8.71. The number of rotatable bonds is 7. The standard InChI is InChI=1S/C19H28N2O3/c1-15-6-8-16(9-7-15)13-20(2)14-18(22)21-12-4-3-5-17(21)10-11-19(23)24/h6-9,17H,3-5,10-14H2,1-2H3,(H,23,24)/t17-/m0/s1. The monoisotopic (exact) mass is 332 g/mol. The average molecular weight is 332 g/mol. The zero-order valence-electron chi connectivity index (χ0n) is 14.7. The molecule has 1 aliphatic rings. The minimum Gasteiger partial charge on any atom is -0.481 e. The van der Waals surface area contributed by atoms with Crippen molar-refractivity contribution in [1.82, 2.24) is 9.80 Å². The van der Waals surface area contributed by atoms with E-state index in [9.17, 15) is 9.59 Å². The number of hydrogen-bond donors (Lipinski definition) is 1. The minimum atomic E-state index is -0.788. The first kappa shape index (κ1) is 18.5. The molecule has 24 heavy (non-hydrogen) atoms. The molecule has 0 radical (unpaired) electrons. The van der Waals surface area contributed by atoms with Crippen LogP contribution in [0.3, 0.4) is 0 Å². The fourth-order valence-corrected chi connectivity index (χ4v) is 3.30. The quantitative estimate of drug-likeness (QED) is 0.834. The summed E-state index contributed by atoms with van der Waals surface area (Å²) in [7, 11) is 1.95. The number of carboxylic acids is 1. The van der Waals surface area contributed by atoms with Crippen molar-refractivity contribution in [2.75, 3.05) is 20.1 Å². The van der Waals surface area contributed by atoms with Gasteiger partial charge >= 0.3 is 5.97 Å². The molecule has 5 heteroatoms. The first-order valence-electron chi connectivity index (χ1n) is 8.71. The van der Waals surface area contributed by atoms with Gasteiger partial charge in [-0.15, -0.1) is 0 Å². The molecule has 1 atom stereocenters. The lowest BCUT2D eigenvalue weighted by molar-refractivity contribution is -0.140. The van der Waals surface area contributed by atoms with Crippen LogP contribution in [0, 0.1) is 6.92 Å². The maximum absolute atomic E-state index is 12.6. The van der Waals surface area contributed by atoms with Gasteiger partial charge in [0.2, 0.25) is 5.91 Å². The van der Waals surface area contributed by atoms with Gasteiger partial charge in [0.1, 0.15) is 0 Å². The van der Waals surface area contributed by atoms with E-state index in [1.54, 1.807) is 0 Å². The normalized spacial score (nSPS) is 18.0. The number of carboxylic acid groups (broad SMARTS) is 1. The number of hydrogen-bond acceptors (Lipinski definition) is 3. The molecule has 0 spiro atoms. The third-order valence-electron chi connectivity index (χ3n) is 4.62. The summed E-state index contributed by atoms with van der Waals surface area (Å²) < 4.78 is 0. The molecule has 1 N–H and O–H groups in total. The van der Waals surface area contributed by atoms with E-state index in [-0.39, 0.29) is 18.4 Å². The van der Waals surface area contributed by atoms with Gasteiger partial charge in [0.05, 0.1) is 6.54 Å². The Kier molecular flexibility index (Phi) is 6.79. The maximum Gasteiger partial charge on any atom is 0.303 e. The SMILES string of the molecule is Cc1ccc(CN(C)CC(=O)N2CCCC[C@H]2CCC(=O)O)cc1. The van der Waals surface area contributed by atoms with Crippen molar-refractivity contribution in [3.63, 3.8) is 0 Å². The van der Waals surface area contributed by atoms with E-state index in [4.69, 9.17) is 5.11 Å². The Labute approximate surface area is 144 Å². The van der Waals surface area contributed by atoms with Crippen molar-refractivity contribution < 1.29 is 14.7 Å². The molecule has 1 aliphatic heterocycles. The van der Waals surface area contributed by atoms with Crippen LogP contribution >= 0.6 is 0 Å². The second-order valence-electron chi connectivity index (χ2n) is 6.83. The highest BCUT2D eigenvalue weighted by Gasteiger charge is 2.27. The van der Waals surface area contributed by atoms with Crippen LogP contribution in [0.5, 0.6) is 0 Å². The first-order chi connectivity index (χ1) is 11.5. The van der Waals surface area contributed by atoms with E-state index >= 15 is 0 Å². The van der Waals surface area contributed by atoms with Crippen molar-refractivity contribution >= 4 is 11.9 Å². The van der Waals surface area contributed by atoms with Crippen LogP contribution in [0.2, 0.25) is 0 Å². The van der Waals surface area contributed by atoms with Gasteiger partial charge < -0.3 is 10.0 Å². The molecule has 5 nitrogen and oxygen atoms in total. The predicted octanol–water partition coefficient (Wildman–Crippen LogP) is 2.67. The van der Waals surface area contributed by atoms with Crippen LogP contribution in [-0.2, 0) is 16.1 Å². The molecule has 1 saturated heterocycles. The molecule has 2 rings (SSSR count). The van der Waals surface area contributed by atoms with Crippen molar-refractivity contribution in [3.05, 3.63) is 35.4 Å². The highest BCUT2D eigenvalue weighted by atomic mass is 16.4. The summed E-state index contributed by atoms with van der Waals surface area (Å²) >= 11 is 0. The number of piperidine rings is 1. The van der Waals surface area contributed by atoms with Gasteiger partial charge in [0.15, 0.2) is 0 Å². The largest absolute Gasteiger partial charge is 0.481 e. The summed E-state index contributed by atoms with van der Waals surface area (Å²) in [6.07, 6.45) is 3.70. The van der Waals surface area contributed by atoms with Crippen LogP contribution < -0.4 is 0 Å². The molecular formula is C19H28N2O3. The van der Waals surface area contributed by atoms with Crippen LogP contribution in [0.15, 0.2) is 24.3 Å². The van der Waals surface area contributed by atoms with E-state index in [1.165, 1.54) is 11.1 Å². The Morgan fingerprint density at radius 2 is 1.96 bits per heavy atom. The second-order valence-corrected chi connectivity index (χ2v) is 6.83. The Balaban J connectivity index is 1.88. The van der Waals surface area contributed by atoms with Crippen molar-refractivity contribution in [1.29, 1.82) is 0 Å². The number of carbonyl (C=O) groups excluding carboxylic acids is 1. The maximum atomic E-state index is 12.6. The molecular weight excluding hydrogens is 304 g/mol. The number of nitrogens with zero attached hydrogens (tertiary/aromatic N) is 2. The number of likely N-dealkylation sites (tertiary alicyclic amines) is 1. The van der Waals surface area contributed by atoms with Gasteiger partial charge in [-0.3, -0.25) is 14.5 Å². The summed E-state index contributed by atoms with van der Waals surface area (Å²) in [4.78, 5) is 27.4. The topological polar surface area (TPSA) is 60.9 Å². The summed E-state index contributed by atoms with van der Waals surface area (Å²) in [6, 6.07) is 8.42. The highest BCUT2D eigenvalue weighted by molar-refractivity contribution is 5.78. The van der Waals surface area contributed by atoms with Crippen LogP contribution in [0.1, 0.15) is 43.2 Å². The summed E-state index contributed by atoms with van der Waals surface area (Å²) in [6.45, 7) is 3.92. The number of benzene rings is 1. The van der Waals surface area contributed by atoms with Gasteiger partial charge in [0.25, 0.3) is 0 Å². The van der Waals surface area contributed by atoms with Gasteiger partial charge in [-0.25, -0.2) is 0 Å². The Bertz CT molecular complexity index is 556. The second kappa shape index (κ2) is 8.83. The molecule has 132 valence electrons. The number of amides is 1. The molecule has 0 saturated carbocycles. The van der Waals surface area contributed by atoms with Gasteiger partial charge in [0, 0.05) is 25.6 Å². The zero-order chi connectivity index (χ0) is 17.5. The third kappa shape index (κ3) is 5.64. The number of likely N-dealkylation sites (N-methyl/N-ethyl adjacent to an activating group) is 1. The van der Waals surface area contributed by atoms with Crippen LogP contribution in [0.25, 0.3) is 0 Å². The van der Waals surface area contributed by atoms with Gasteiger partial charge in [-0.1, -0.05) is 29.8 Å². The van der Waals surface area contributed by atoms with E-state index in [0.717, 1.165) is 32.4 Å². The van der Waals surface area contributed by atoms with Gasteiger partial charge in [-0.05, 0) is 45.2 Å². The molecule has 0 aromatic heterocycles. The predicted molar refractivity (Wildman–Crippen MR) is 93.7 cm³/mol. The molecule has 0 aliphatic carbocycles. The average Bonchev–Trinajstić information content (AvgIpc) is 2.55.